The van der Waals surface area contributed by atoms with E-state index in [-0.39, 0.29) is 17.6 Å². The molecule has 6 nitrogen and oxygen atoms in total. The van der Waals surface area contributed by atoms with Crippen LogP contribution in [0.1, 0.15) is 29.7 Å². The molecule has 2 aromatic heterocycles. The second kappa shape index (κ2) is 6.67. The molecule has 1 atom stereocenters. The summed E-state index contributed by atoms with van der Waals surface area (Å²) in [5.74, 6) is 0.713. The summed E-state index contributed by atoms with van der Waals surface area (Å²) < 4.78 is 15.7. The van der Waals surface area contributed by atoms with Gasteiger partial charge in [-0.05, 0) is 31.2 Å². The lowest BCUT2D eigenvalue weighted by Crippen LogP contribution is -2.25. The molecule has 0 saturated carbocycles. The van der Waals surface area contributed by atoms with Crippen LogP contribution in [0.3, 0.4) is 0 Å². The van der Waals surface area contributed by atoms with Gasteiger partial charge < -0.3 is 4.90 Å². The number of benzene rings is 1. The van der Waals surface area contributed by atoms with E-state index in [4.69, 9.17) is 0 Å². The highest BCUT2D eigenvalue weighted by Gasteiger charge is 2.34. The second-order valence-corrected chi connectivity index (χ2v) is 6.38. The normalized spacial score (nSPS) is 17.1. The minimum Gasteiger partial charge on any atom is -0.336 e. The summed E-state index contributed by atoms with van der Waals surface area (Å²) in [6, 6.07) is 12.1. The zero-order valence-corrected chi connectivity index (χ0v) is 14.3. The van der Waals surface area contributed by atoms with E-state index in [1.54, 1.807) is 36.2 Å². The van der Waals surface area contributed by atoms with Gasteiger partial charge in [0.05, 0.1) is 12.2 Å². The molecule has 1 amide bonds. The molecule has 7 heteroatoms. The lowest BCUT2D eigenvalue weighted by atomic mass is 10.1. The van der Waals surface area contributed by atoms with Crippen LogP contribution in [0.5, 0.6) is 0 Å². The molecule has 132 valence electrons. The first kappa shape index (κ1) is 16.4. The lowest BCUT2D eigenvalue weighted by Gasteiger charge is -2.16. The van der Waals surface area contributed by atoms with Crippen LogP contribution in [-0.4, -0.2) is 37.1 Å². The molecule has 0 aliphatic carbocycles. The van der Waals surface area contributed by atoms with Gasteiger partial charge in [0.1, 0.15) is 23.2 Å². The quantitative estimate of drug-likeness (QED) is 0.725. The molecule has 3 aromatic rings. The molecule has 1 aliphatic rings. The SMILES string of the molecule is Cc1nc(C2CC(=O)N(Cc3ccccn3)C2)n(-c2ccccc2F)n1. The summed E-state index contributed by atoms with van der Waals surface area (Å²) >= 11 is 0. The molecule has 0 N–H and O–H groups in total. The zero-order valence-electron chi connectivity index (χ0n) is 14.3. The molecule has 26 heavy (non-hydrogen) atoms. The van der Waals surface area contributed by atoms with Crippen LogP contribution in [0.25, 0.3) is 5.69 Å². The second-order valence-electron chi connectivity index (χ2n) is 6.38. The number of carbonyl (C=O) groups excluding carboxylic acids is 1. The van der Waals surface area contributed by atoms with Crippen LogP contribution >= 0.6 is 0 Å². The summed E-state index contributed by atoms with van der Waals surface area (Å²) in [6.45, 7) is 2.74. The van der Waals surface area contributed by atoms with Gasteiger partial charge >= 0.3 is 0 Å². The van der Waals surface area contributed by atoms with E-state index in [2.05, 4.69) is 15.1 Å². The largest absolute Gasteiger partial charge is 0.336 e. The Labute approximate surface area is 150 Å². The monoisotopic (exact) mass is 351 g/mol. The minimum atomic E-state index is -0.367. The molecule has 1 aromatic carbocycles. The number of amides is 1. The van der Waals surface area contributed by atoms with E-state index in [0.29, 0.717) is 36.8 Å². The molecule has 3 heterocycles. The molecule has 0 bridgehead atoms. The highest BCUT2D eigenvalue weighted by atomic mass is 19.1. The maximum Gasteiger partial charge on any atom is 0.223 e. The molecular weight excluding hydrogens is 333 g/mol. The molecule has 0 spiro atoms. The van der Waals surface area contributed by atoms with Gasteiger partial charge in [-0.15, -0.1) is 0 Å². The van der Waals surface area contributed by atoms with Gasteiger partial charge in [-0.2, -0.15) is 5.10 Å². The Morgan fingerprint density at radius 2 is 2.00 bits per heavy atom. The Morgan fingerprint density at radius 3 is 2.77 bits per heavy atom. The van der Waals surface area contributed by atoms with Crippen LogP contribution in [0.15, 0.2) is 48.7 Å². The van der Waals surface area contributed by atoms with Crippen molar-refractivity contribution >= 4 is 5.91 Å². The van der Waals surface area contributed by atoms with E-state index in [1.807, 2.05) is 18.2 Å². The third kappa shape index (κ3) is 3.08. The number of halogens is 1. The smallest absolute Gasteiger partial charge is 0.223 e. The van der Waals surface area contributed by atoms with E-state index >= 15 is 0 Å². The molecule has 1 aliphatic heterocycles. The van der Waals surface area contributed by atoms with Crippen molar-refractivity contribution < 1.29 is 9.18 Å². The number of hydrogen-bond acceptors (Lipinski definition) is 4. The average Bonchev–Trinajstić information content (AvgIpc) is 3.19. The third-order valence-corrected chi connectivity index (χ3v) is 4.48. The Balaban J connectivity index is 1.61. The van der Waals surface area contributed by atoms with Crippen LogP contribution in [-0.2, 0) is 11.3 Å². The first-order valence-corrected chi connectivity index (χ1v) is 8.48. The van der Waals surface area contributed by atoms with Crippen LogP contribution in [0.4, 0.5) is 4.39 Å². The van der Waals surface area contributed by atoms with Crippen molar-refractivity contribution in [3.63, 3.8) is 0 Å². The highest BCUT2D eigenvalue weighted by molar-refractivity contribution is 5.79. The highest BCUT2D eigenvalue weighted by Crippen LogP contribution is 2.30. The van der Waals surface area contributed by atoms with E-state index in [1.165, 1.54) is 10.7 Å². The Kier molecular flexibility index (Phi) is 4.20. The Bertz CT molecular complexity index is 940. The number of para-hydroxylation sites is 1. The van der Waals surface area contributed by atoms with Crippen molar-refractivity contribution in [3.05, 3.63) is 71.8 Å². The van der Waals surface area contributed by atoms with Crippen molar-refractivity contribution in [2.45, 2.75) is 25.8 Å². The molecule has 0 radical (unpaired) electrons. The summed E-state index contributed by atoms with van der Waals surface area (Å²) in [5, 5.41) is 4.34. The number of aryl methyl sites for hydroxylation is 1. The van der Waals surface area contributed by atoms with Gasteiger partial charge in [0, 0.05) is 25.1 Å². The van der Waals surface area contributed by atoms with E-state index in [0.717, 1.165) is 5.69 Å². The zero-order chi connectivity index (χ0) is 18.1. The average molecular weight is 351 g/mol. The number of rotatable bonds is 4. The van der Waals surface area contributed by atoms with Gasteiger partial charge in [0.2, 0.25) is 5.91 Å². The molecular formula is C19H18FN5O. The fourth-order valence-corrected chi connectivity index (χ4v) is 3.28. The fraction of sp³-hybridized carbons (Fsp3) is 0.263. The third-order valence-electron chi connectivity index (χ3n) is 4.48. The fourth-order valence-electron chi connectivity index (χ4n) is 3.28. The van der Waals surface area contributed by atoms with Crippen molar-refractivity contribution in [1.29, 1.82) is 0 Å². The van der Waals surface area contributed by atoms with E-state index < -0.39 is 0 Å². The Hall–Kier alpha value is -3.09. The van der Waals surface area contributed by atoms with E-state index in [9.17, 15) is 9.18 Å². The van der Waals surface area contributed by atoms with Crippen LogP contribution in [0, 0.1) is 12.7 Å². The predicted octanol–water partition coefficient (Wildman–Crippen LogP) is 2.63. The van der Waals surface area contributed by atoms with Gasteiger partial charge in [-0.3, -0.25) is 9.78 Å². The van der Waals surface area contributed by atoms with Crippen molar-refractivity contribution in [2.24, 2.45) is 0 Å². The molecule has 4 rings (SSSR count). The lowest BCUT2D eigenvalue weighted by molar-refractivity contribution is -0.128. The van der Waals surface area contributed by atoms with Crippen LogP contribution in [0.2, 0.25) is 0 Å². The molecule has 1 saturated heterocycles. The van der Waals surface area contributed by atoms with Gasteiger partial charge in [-0.25, -0.2) is 14.1 Å². The summed E-state index contributed by atoms with van der Waals surface area (Å²) in [7, 11) is 0. The topological polar surface area (TPSA) is 63.9 Å². The number of carbonyl (C=O) groups is 1. The standard InChI is InChI=1S/C19H18FN5O/c1-13-22-19(25(23-13)17-8-3-2-7-16(17)20)14-10-18(26)24(11-14)12-15-6-4-5-9-21-15/h2-9,14H,10-12H2,1H3. The molecule has 1 unspecified atom stereocenters. The summed E-state index contributed by atoms with van der Waals surface area (Å²) in [5.41, 5.74) is 1.19. The van der Waals surface area contributed by atoms with Gasteiger partial charge in [-0.1, -0.05) is 18.2 Å². The van der Waals surface area contributed by atoms with Crippen molar-refractivity contribution in [3.8, 4) is 5.69 Å². The first-order chi connectivity index (χ1) is 12.6. The van der Waals surface area contributed by atoms with Gasteiger partial charge in [0.15, 0.2) is 0 Å². The van der Waals surface area contributed by atoms with Crippen LogP contribution < -0.4 is 0 Å². The number of likely N-dealkylation sites (tertiary alicyclic amines) is 1. The minimum absolute atomic E-state index is 0.0430. The first-order valence-electron chi connectivity index (χ1n) is 8.48. The summed E-state index contributed by atoms with van der Waals surface area (Å²) in [6.07, 6.45) is 2.05. The maximum atomic E-state index is 14.2. The number of hydrogen-bond donors (Lipinski definition) is 0. The summed E-state index contributed by atoms with van der Waals surface area (Å²) in [4.78, 5) is 23.0. The van der Waals surface area contributed by atoms with Crippen molar-refractivity contribution in [1.82, 2.24) is 24.6 Å². The van der Waals surface area contributed by atoms with Crippen molar-refractivity contribution in [2.75, 3.05) is 6.54 Å². The maximum absolute atomic E-state index is 14.2. The number of pyridine rings is 1. The predicted molar refractivity (Wildman–Crippen MR) is 93.1 cm³/mol. The van der Waals surface area contributed by atoms with Gasteiger partial charge in [0.25, 0.3) is 0 Å². The number of aromatic nitrogens is 4. The number of nitrogens with zero attached hydrogens (tertiary/aromatic N) is 5. The Morgan fingerprint density at radius 1 is 1.19 bits per heavy atom. The molecule has 1 fully saturated rings.